The number of rotatable bonds is 5. The zero-order chi connectivity index (χ0) is 17.8. The van der Waals surface area contributed by atoms with Crippen LogP contribution in [-0.4, -0.2) is 16.8 Å². The van der Waals surface area contributed by atoms with E-state index >= 15 is 0 Å². The summed E-state index contributed by atoms with van der Waals surface area (Å²) in [5.41, 5.74) is 1.68. The van der Waals surface area contributed by atoms with Gasteiger partial charge in [-0.15, -0.1) is 0 Å². The number of carbonyl (C=O) groups excluding carboxylic acids is 1. The fourth-order valence-electron chi connectivity index (χ4n) is 2.27. The van der Waals surface area contributed by atoms with Crippen LogP contribution in [0.1, 0.15) is 5.56 Å². The molecule has 1 aliphatic rings. The third-order valence-corrected chi connectivity index (χ3v) is 5.20. The quantitative estimate of drug-likeness (QED) is 0.359. The largest absolute Gasteiger partial charge is 0.490 e. The van der Waals surface area contributed by atoms with E-state index < -0.39 is 0 Å². The van der Waals surface area contributed by atoms with Gasteiger partial charge < -0.3 is 4.74 Å². The topological polar surface area (TPSA) is 29.5 Å². The smallest absolute Gasteiger partial charge is 0.270 e. The number of hydrogen-bond donors (Lipinski definition) is 0. The van der Waals surface area contributed by atoms with E-state index in [-0.39, 0.29) is 5.91 Å². The van der Waals surface area contributed by atoms with Crippen LogP contribution in [0.15, 0.2) is 70.6 Å². The van der Waals surface area contributed by atoms with Crippen LogP contribution in [-0.2, 0) is 4.79 Å². The van der Waals surface area contributed by atoms with Gasteiger partial charge in [-0.2, -0.15) is 0 Å². The Morgan fingerprint density at radius 3 is 2.68 bits per heavy atom. The van der Waals surface area contributed by atoms with Gasteiger partial charge in [0.2, 0.25) is 0 Å². The second kappa shape index (κ2) is 7.99. The summed E-state index contributed by atoms with van der Waals surface area (Å²) in [6.45, 7) is 4.08. The van der Waals surface area contributed by atoms with Crippen molar-refractivity contribution in [3.8, 4) is 5.75 Å². The number of benzene rings is 2. The predicted molar refractivity (Wildman–Crippen MR) is 112 cm³/mol. The molecule has 2 aromatic rings. The molecule has 3 rings (SSSR count). The Hall–Kier alpha value is -1.89. The highest BCUT2D eigenvalue weighted by Gasteiger charge is 2.33. The molecule has 25 heavy (non-hydrogen) atoms. The van der Waals surface area contributed by atoms with E-state index in [0.29, 0.717) is 15.8 Å². The first kappa shape index (κ1) is 17.9. The highest BCUT2D eigenvalue weighted by atomic mass is 79.9. The molecule has 6 heteroatoms. The van der Waals surface area contributed by atoms with Gasteiger partial charge in [-0.25, -0.2) is 0 Å². The maximum absolute atomic E-state index is 12.7. The van der Waals surface area contributed by atoms with Crippen LogP contribution < -0.4 is 9.64 Å². The van der Waals surface area contributed by atoms with E-state index in [0.717, 1.165) is 21.5 Å². The van der Waals surface area contributed by atoms with Crippen molar-refractivity contribution in [1.29, 1.82) is 0 Å². The van der Waals surface area contributed by atoms with Gasteiger partial charge in [-0.3, -0.25) is 9.69 Å². The van der Waals surface area contributed by atoms with Gasteiger partial charge in [0, 0.05) is 4.47 Å². The molecule has 0 unspecified atom stereocenters. The number of carbonyl (C=O) groups is 1. The lowest BCUT2D eigenvalue weighted by molar-refractivity contribution is -0.113. The number of halogens is 1. The highest BCUT2D eigenvalue weighted by molar-refractivity contribution is 9.10. The second-order valence-corrected chi connectivity index (χ2v) is 7.76. The summed E-state index contributed by atoms with van der Waals surface area (Å²) in [6.07, 6.45) is 3.54. The van der Waals surface area contributed by atoms with Crippen molar-refractivity contribution >= 4 is 61.9 Å². The Kier molecular flexibility index (Phi) is 5.73. The second-order valence-electron chi connectivity index (χ2n) is 5.17. The minimum atomic E-state index is -0.111. The van der Waals surface area contributed by atoms with Gasteiger partial charge >= 0.3 is 0 Å². The predicted octanol–water partition coefficient (Wildman–Crippen LogP) is 5.42. The minimum Gasteiger partial charge on any atom is -0.490 e. The maximum atomic E-state index is 12.7. The lowest BCUT2D eigenvalue weighted by atomic mass is 10.2. The Bertz CT molecular complexity index is 862. The summed E-state index contributed by atoms with van der Waals surface area (Å²) in [5.74, 6) is 0.652. The Morgan fingerprint density at radius 1 is 1.24 bits per heavy atom. The van der Waals surface area contributed by atoms with Crippen LogP contribution in [0.4, 0.5) is 5.69 Å². The molecule has 1 fully saturated rings. The number of nitrogens with zero attached hydrogens (tertiary/aromatic N) is 1. The SMILES string of the molecule is C=CCOc1ccc(C=C2SC(=S)N(c3cccc(Br)c3)C2=O)cc1. The average molecular weight is 432 g/mol. The molecule has 1 aliphatic heterocycles. The standard InChI is InChI=1S/C19H14BrNO2S2/c1-2-10-23-16-8-6-13(7-9-16)11-17-18(22)21(19(24)25-17)15-5-3-4-14(20)12-15/h2-9,11-12H,1,10H2. The number of ether oxygens (including phenoxy) is 1. The molecule has 2 aromatic carbocycles. The zero-order valence-electron chi connectivity index (χ0n) is 13.1. The number of amides is 1. The van der Waals surface area contributed by atoms with Gasteiger partial charge in [0.15, 0.2) is 4.32 Å². The highest BCUT2D eigenvalue weighted by Crippen LogP contribution is 2.36. The monoisotopic (exact) mass is 431 g/mol. The Labute approximate surface area is 164 Å². The fourth-order valence-corrected chi connectivity index (χ4v) is 3.96. The van der Waals surface area contributed by atoms with Crippen molar-refractivity contribution in [1.82, 2.24) is 0 Å². The molecule has 0 atom stereocenters. The summed E-state index contributed by atoms with van der Waals surface area (Å²) in [5, 5.41) is 0. The third-order valence-electron chi connectivity index (χ3n) is 3.41. The van der Waals surface area contributed by atoms with Crippen LogP contribution in [0.2, 0.25) is 0 Å². The summed E-state index contributed by atoms with van der Waals surface area (Å²) in [7, 11) is 0. The van der Waals surface area contributed by atoms with E-state index in [1.165, 1.54) is 11.8 Å². The molecule has 0 aliphatic carbocycles. The van der Waals surface area contributed by atoms with Crippen molar-refractivity contribution < 1.29 is 9.53 Å². The first-order chi connectivity index (χ1) is 12.1. The zero-order valence-corrected chi connectivity index (χ0v) is 16.4. The molecule has 1 amide bonds. The van der Waals surface area contributed by atoms with E-state index in [9.17, 15) is 4.79 Å². The van der Waals surface area contributed by atoms with Crippen molar-refractivity contribution in [3.05, 3.63) is 76.1 Å². The minimum absolute atomic E-state index is 0.111. The fraction of sp³-hybridized carbons (Fsp3) is 0.0526. The Balaban J connectivity index is 1.81. The summed E-state index contributed by atoms with van der Waals surface area (Å²) < 4.78 is 6.89. The molecule has 126 valence electrons. The molecular weight excluding hydrogens is 418 g/mol. The molecule has 0 bridgehead atoms. The van der Waals surface area contributed by atoms with Crippen molar-refractivity contribution in [3.63, 3.8) is 0 Å². The molecule has 0 aromatic heterocycles. The first-order valence-corrected chi connectivity index (χ1v) is 9.47. The van der Waals surface area contributed by atoms with Crippen LogP contribution in [0.5, 0.6) is 5.75 Å². The van der Waals surface area contributed by atoms with E-state index in [4.69, 9.17) is 17.0 Å². The summed E-state index contributed by atoms with van der Waals surface area (Å²) in [6, 6.07) is 15.1. The summed E-state index contributed by atoms with van der Waals surface area (Å²) in [4.78, 5) is 14.9. The van der Waals surface area contributed by atoms with Crippen LogP contribution in [0.25, 0.3) is 6.08 Å². The van der Waals surface area contributed by atoms with E-state index in [2.05, 4.69) is 22.5 Å². The molecule has 0 radical (unpaired) electrons. The summed E-state index contributed by atoms with van der Waals surface area (Å²) >= 11 is 10.1. The first-order valence-electron chi connectivity index (χ1n) is 7.46. The molecule has 0 saturated carbocycles. The van der Waals surface area contributed by atoms with Crippen LogP contribution >= 0.6 is 39.9 Å². The lowest BCUT2D eigenvalue weighted by Gasteiger charge is -2.14. The molecule has 3 nitrogen and oxygen atoms in total. The van der Waals surface area contributed by atoms with Crippen molar-refractivity contribution in [2.75, 3.05) is 11.5 Å². The van der Waals surface area contributed by atoms with Crippen molar-refractivity contribution in [2.24, 2.45) is 0 Å². The van der Waals surface area contributed by atoms with Crippen LogP contribution in [0.3, 0.4) is 0 Å². The number of thioether (sulfide) groups is 1. The molecule has 1 heterocycles. The number of anilines is 1. The van der Waals surface area contributed by atoms with Gasteiger partial charge in [0.05, 0.1) is 10.6 Å². The number of hydrogen-bond acceptors (Lipinski definition) is 4. The average Bonchev–Trinajstić information content (AvgIpc) is 2.88. The lowest BCUT2D eigenvalue weighted by Crippen LogP contribution is -2.27. The van der Waals surface area contributed by atoms with Gasteiger partial charge in [-0.1, -0.05) is 70.8 Å². The van der Waals surface area contributed by atoms with Crippen molar-refractivity contribution in [2.45, 2.75) is 0 Å². The van der Waals surface area contributed by atoms with Gasteiger partial charge in [0.25, 0.3) is 5.91 Å². The van der Waals surface area contributed by atoms with E-state index in [1.807, 2.05) is 54.6 Å². The normalized spacial score (nSPS) is 15.7. The Morgan fingerprint density at radius 2 is 2.00 bits per heavy atom. The molecular formula is C19H14BrNO2S2. The third kappa shape index (κ3) is 4.21. The molecule has 0 N–H and O–H groups in total. The van der Waals surface area contributed by atoms with E-state index in [1.54, 1.807) is 11.0 Å². The van der Waals surface area contributed by atoms with Gasteiger partial charge in [0.1, 0.15) is 12.4 Å². The molecule has 1 saturated heterocycles. The number of thiocarbonyl (C=S) groups is 1. The van der Waals surface area contributed by atoms with Crippen LogP contribution in [0, 0.1) is 0 Å². The molecule has 0 spiro atoms. The van der Waals surface area contributed by atoms with Gasteiger partial charge in [-0.05, 0) is 42.0 Å². The maximum Gasteiger partial charge on any atom is 0.270 e.